The van der Waals surface area contributed by atoms with Gasteiger partial charge >= 0.3 is 6.03 Å². The second kappa shape index (κ2) is 11.0. The lowest BCUT2D eigenvalue weighted by atomic mass is 10.0. The third kappa shape index (κ3) is 5.73. The van der Waals surface area contributed by atoms with E-state index in [4.69, 9.17) is 16.3 Å². The van der Waals surface area contributed by atoms with Crippen molar-refractivity contribution in [3.05, 3.63) is 92.4 Å². The van der Waals surface area contributed by atoms with Crippen molar-refractivity contribution in [2.75, 3.05) is 16.8 Å². The van der Waals surface area contributed by atoms with E-state index >= 15 is 0 Å². The van der Waals surface area contributed by atoms with Gasteiger partial charge in [0, 0.05) is 20.7 Å². The van der Waals surface area contributed by atoms with Gasteiger partial charge in [-0.2, -0.15) is 0 Å². The number of aryl methyl sites for hydroxylation is 1. The van der Waals surface area contributed by atoms with Crippen LogP contribution in [-0.4, -0.2) is 30.4 Å². The molecular formula is C27H21BrClN3O5. The third-order valence-electron chi connectivity index (χ3n) is 5.63. The van der Waals surface area contributed by atoms with Crippen molar-refractivity contribution in [1.82, 2.24) is 5.32 Å². The van der Waals surface area contributed by atoms with Crippen LogP contribution in [0.5, 0.6) is 5.75 Å². The predicted octanol–water partition coefficient (Wildman–Crippen LogP) is 5.40. The van der Waals surface area contributed by atoms with Gasteiger partial charge in [-0.1, -0.05) is 51.8 Å². The standard InChI is InChI=1S/C27H21BrClN3O5/c1-15-6-3-4-8-21(15)30-24(33)14-37-23-11-10-18(28)12-17(23)13-19-25(34)31-27(36)32(26(19)35)22-9-5-7-20(29)16(22)2/h3-13H,14H2,1-2H3,(H,30,33)(H,31,34,36)/b19-13-. The molecule has 8 nitrogen and oxygen atoms in total. The Balaban J connectivity index is 1.61. The van der Waals surface area contributed by atoms with Crippen LogP contribution in [0, 0.1) is 13.8 Å². The maximum absolute atomic E-state index is 13.3. The van der Waals surface area contributed by atoms with E-state index in [1.807, 2.05) is 25.1 Å². The number of hydrogen-bond donors (Lipinski definition) is 2. The summed E-state index contributed by atoms with van der Waals surface area (Å²) in [6, 6.07) is 16.2. The number of hydrogen-bond acceptors (Lipinski definition) is 5. The molecule has 0 spiro atoms. The maximum Gasteiger partial charge on any atom is 0.335 e. The number of urea groups is 1. The molecule has 1 saturated heterocycles. The first-order valence-electron chi connectivity index (χ1n) is 11.1. The van der Waals surface area contributed by atoms with Crippen LogP contribution in [0.25, 0.3) is 6.08 Å². The number of halogens is 2. The lowest BCUT2D eigenvalue weighted by Crippen LogP contribution is -2.54. The Labute approximate surface area is 226 Å². The van der Waals surface area contributed by atoms with Crippen molar-refractivity contribution >= 4 is 68.7 Å². The monoisotopic (exact) mass is 581 g/mol. The maximum atomic E-state index is 13.3. The SMILES string of the molecule is Cc1ccccc1NC(=O)COc1ccc(Br)cc1/C=C1/C(=O)NC(=O)N(c2cccc(Cl)c2C)C1=O. The van der Waals surface area contributed by atoms with E-state index in [-0.39, 0.29) is 29.5 Å². The largest absolute Gasteiger partial charge is 0.483 e. The molecule has 1 aliphatic heterocycles. The van der Waals surface area contributed by atoms with E-state index in [0.29, 0.717) is 26.3 Å². The van der Waals surface area contributed by atoms with Crippen molar-refractivity contribution in [3.63, 3.8) is 0 Å². The fourth-order valence-electron chi connectivity index (χ4n) is 3.68. The van der Waals surface area contributed by atoms with Crippen molar-refractivity contribution < 1.29 is 23.9 Å². The molecule has 1 aliphatic rings. The zero-order valence-corrected chi connectivity index (χ0v) is 22.1. The Morgan fingerprint density at radius 1 is 1.08 bits per heavy atom. The second-order valence-corrected chi connectivity index (χ2v) is 9.50. The summed E-state index contributed by atoms with van der Waals surface area (Å²) in [6.07, 6.45) is 1.32. The normalized spacial score (nSPS) is 14.5. The minimum absolute atomic E-state index is 0.256. The number of nitrogens with zero attached hydrogens (tertiary/aromatic N) is 1. The summed E-state index contributed by atoms with van der Waals surface area (Å²) in [7, 11) is 0. The van der Waals surface area contributed by atoms with Crippen LogP contribution in [0.3, 0.4) is 0 Å². The molecule has 10 heteroatoms. The highest BCUT2D eigenvalue weighted by Crippen LogP contribution is 2.31. The highest BCUT2D eigenvalue weighted by Gasteiger charge is 2.37. The first-order chi connectivity index (χ1) is 17.7. The van der Waals surface area contributed by atoms with Crippen LogP contribution in [-0.2, 0) is 14.4 Å². The van der Waals surface area contributed by atoms with Gasteiger partial charge in [0.15, 0.2) is 6.61 Å². The van der Waals surface area contributed by atoms with Crippen LogP contribution < -0.4 is 20.3 Å². The Morgan fingerprint density at radius 2 is 1.84 bits per heavy atom. The van der Waals surface area contributed by atoms with Gasteiger partial charge in [-0.3, -0.25) is 19.7 Å². The first kappa shape index (κ1) is 26.1. The lowest BCUT2D eigenvalue weighted by molar-refractivity contribution is -0.122. The number of benzene rings is 3. The fraction of sp³-hybridized carbons (Fsp3) is 0.111. The number of amides is 5. The minimum atomic E-state index is -0.879. The van der Waals surface area contributed by atoms with Crippen molar-refractivity contribution in [1.29, 1.82) is 0 Å². The number of carbonyl (C=O) groups is 4. The van der Waals surface area contributed by atoms with E-state index in [2.05, 4.69) is 26.6 Å². The topological polar surface area (TPSA) is 105 Å². The van der Waals surface area contributed by atoms with E-state index in [0.717, 1.165) is 10.5 Å². The summed E-state index contributed by atoms with van der Waals surface area (Å²) in [4.78, 5) is 51.9. The van der Waals surface area contributed by atoms with E-state index in [9.17, 15) is 19.2 Å². The van der Waals surface area contributed by atoms with E-state index < -0.39 is 17.8 Å². The molecule has 1 fully saturated rings. The lowest BCUT2D eigenvalue weighted by Gasteiger charge is -2.27. The van der Waals surface area contributed by atoms with Crippen molar-refractivity contribution in [2.24, 2.45) is 0 Å². The summed E-state index contributed by atoms with van der Waals surface area (Å²) in [5.74, 6) is -1.79. The highest BCUT2D eigenvalue weighted by molar-refractivity contribution is 9.10. The Bertz CT molecular complexity index is 1470. The van der Waals surface area contributed by atoms with Gasteiger partial charge in [-0.05, 0) is 67.4 Å². The quantitative estimate of drug-likeness (QED) is 0.299. The van der Waals surface area contributed by atoms with Gasteiger partial charge in [0.1, 0.15) is 11.3 Å². The van der Waals surface area contributed by atoms with Crippen LogP contribution in [0.15, 0.2) is 70.7 Å². The number of anilines is 2. The number of para-hydroxylation sites is 1. The molecule has 0 aromatic heterocycles. The molecule has 1 heterocycles. The molecule has 0 radical (unpaired) electrons. The summed E-state index contributed by atoms with van der Waals surface area (Å²) in [6.45, 7) is 3.24. The Morgan fingerprint density at radius 3 is 2.59 bits per heavy atom. The number of nitrogens with one attached hydrogen (secondary N) is 2. The van der Waals surface area contributed by atoms with Crippen molar-refractivity contribution in [3.8, 4) is 5.75 Å². The van der Waals surface area contributed by atoms with E-state index in [1.54, 1.807) is 49.4 Å². The van der Waals surface area contributed by atoms with Gasteiger partial charge in [0.25, 0.3) is 17.7 Å². The summed E-state index contributed by atoms with van der Waals surface area (Å²) in [5, 5.41) is 5.34. The van der Waals surface area contributed by atoms with Crippen LogP contribution in [0.1, 0.15) is 16.7 Å². The van der Waals surface area contributed by atoms with Crippen molar-refractivity contribution in [2.45, 2.75) is 13.8 Å². The minimum Gasteiger partial charge on any atom is -0.483 e. The Hall–Kier alpha value is -3.95. The molecule has 5 amide bonds. The molecule has 0 aliphatic carbocycles. The number of carbonyl (C=O) groups excluding carboxylic acids is 4. The molecule has 4 rings (SSSR count). The first-order valence-corrected chi connectivity index (χ1v) is 12.3. The second-order valence-electron chi connectivity index (χ2n) is 8.18. The molecule has 188 valence electrons. The number of rotatable bonds is 6. The van der Waals surface area contributed by atoms with Gasteiger partial charge in [-0.25, -0.2) is 9.69 Å². The molecule has 0 saturated carbocycles. The highest BCUT2D eigenvalue weighted by atomic mass is 79.9. The van der Waals surface area contributed by atoms with Crippen LogP contribution in [0.4, 0.5) is 16.2 Å². The molecule has 0 atom stereocenters. The fourth-order valence-corrected chi connectivity index (χ4v) is 4.22. The van der Waals surface area contributed by atoms with Gasteiger partial charge in [-0.15, -0.1) is 0 Å². The van der Waals surface area contributed by atoms with Gasteiger partial charge in [0.05, 0.1) is 5.69 Å². The van der Waals surface area contributed by atoms with Gasteiger partial charge in [0.2, 0.25) is 0 Å². The molecule has 3 aromatic rings. The summed E-state index contributed by atoms with van der Waals surface area (Å²) in [5.41, 5.74) is 2.40. The van der Waals surface area contributed by atoms with E-state index in [1.165, 1.54) is 6.08 Å². The zero-order valence-electron chi connectivity index (χ0n) is 19.8. The number of barbiturate groups is 1. The molecule has 3 aromatic carbocycles. The van der Waals surface area contributed by atoms with Crippen LogP contribution >= 0.6 is 27.5 Å². The predicted molar refractivity (Wildman–Crippen MR) is 145 cm³/mol. The van der Waals surface area contributed by atoms with Crippen LogP contribution in [0.2, 0.25) is 5.02 Å². The number of imide groups is 2. The summed E-state index contributed by atoms with van der Waals surface area (Å²) >= 11 is 9.55. The number of ether oxygens (including phenoxy) is 1. The molecule has 2 N–H and O–H groups in total. The average Bonchev–Trinajstić information content (AvgIpc) is 2.85. The smallest absolute Gasteiger partial charge is 0.335 e. The molecule has 0 bridgehead atoms. The molecule has 37 heavy (non-hydrogen) atoms. The summed E-state index contributed by atoms with van der Waals surface area (Å²) < 4.78 is 6.38. The van der Waals surface area contributed by atoms with Gasteiger partial charge < -0.3 is 10.1 Å². The molecular weight excluding hydrogens is 562 g/mol. The zero-order chi connectivity index (χ0) is 26.7. The average molecular weight is 583 g/mol. The molecule has 0 unspecified atom stereocenters. The third-order valence-corrected chi connectivity index (χ3v) is 6.53. The Kier molecular flexibility index (Phi) is 7.75.